The molecular formula is C10H13IN2O2. The van der Waals surface area contributed by atoms with E-state index in [4.69, 9.17) is 5.73 Å². The molecule has 4 nitrogen and oxygen atoms in total. The Labute approximate surface area is 102 Å². The fourth-order valence-corrected chi connectivity index (χ4v) is 1.82. The third-order valence-corrected chi connectivity index (χ3v) is 3.14. The molecule has 1 aromatic rings. The van der Waals surface area contributed by atoms with Crippen LogP contribution in [0.3, 0.4) is 0 Å². The summed E-state index contributed by atoms with van der Waals surface area (Å²) in [5.41, 5.74) is 6.61. The maximum absolute atomic E-state index is 10.9. The molecule has 0 aliphatic heterocycles. The van der Waals surface area contributed by atoms with Crippen LogP contribution < -0.4 is 5.73 Å². The summed E-state index contributed by atoms with van der Waals surface area (Å²) in [5.74, 6) is -0.0117. The molecule has 2 atom stereocenters. The zero-order valence-electron chi connectivity index (χ0n) is 8.61. The highest BCUT2D eigenvalue weighted by Gasteiger charge is 2.21. The molecule has 0 amide bonds. The highest BCUT2D eigenvalue weighted by molar-refractivity contribution is 14.1. The first-order valence-corrected chi connectivity index (χ1v) is 5.70. The number of benzene rings is 1. The van der Waals surface area contributed by atoms with E-state index in [1.807, 2.05) is 19.9 Å². The zero-order chi connectivity index (χ0) is 11.6. The van der Waals surface area contributed by atoms with Gasteiger partial charge in [-0.1, -0.05) is 13.0 Å². The van der Waals surface area contributed by atoms with Gasteiger partial charge in [0.15, 0.2) is 0 Å². The van der Waals surface area contributed by atoms with Gasteiger partial charge in [0.25, 0.3) is 5.69 Å². The van der Waals surface area contributed by atoms with Crippen LogP contribution in [0, 0.1) is 13.7 Å². The van der Waals surface area contributed by atoms with Crippen molar-refractivity contribution in [2.75, 3.05) is 0 Å². The Kier molecular flexibility index (Phi) is 4.04. The lowest BCUT2D eigenvalue weighted by molar-refractivity contribution is -0.385. The van der Waals surface area contributed by atoms with Crippen LogP contribution >= 0.6 is 22.6 Å². The van der Waals surface area contributed by atoms with Crippen LogP contribution in [0.5, 0.6) is 0 Å². The molecule has 0 heterocycles. The first-order valence-electron chi connectivity index (χ1n) is 4.63. The number of nitro benzene ring substituents is 1. The molecule has 1 aromatic carbocycles. The summed E-state index contributed by atoms with van der Waals surface area (Å²) in [5, 5.41) is 10.9. The highest BCUT2D eigenvalue weighted by atomic mass is 127. The summed E-state index contributed by atoms with van der Waals surface area (Å²) in [6, 6.07) is 5.13. The van der Waals surface area contributed by atoms with Crippen molar-refractivity contribution in [2.24, 2.45) is 5.73 Å². The summed E-state index contributed by atoms with van der Waals surface area (Å²) in [7, 11) is 0. The Bertz CT molecular complexity index is 380. The Morgan fingerprint density at radius 3 is 2.53 bits per heavy atom. The number of rotatable bonds is 3. The number of hydrogen-bond acceptors (Lipinski definition) is 3. The average Bonchev–Trinajstić information content (AvgIpc) is 2.16. The van der Waals surface area contributed by atoms with Gasteiger partial charge in [-0.3, -0.25) is 10.1 Å². The number of halogens is 1. The average molecular weight is 320 g/mol. The Morgan fingerprint density at radius 2 is 2.07 bits per heavy atom. The van der Waals surface area contributed by atoms with E-state index >= 15 is 0 Å². The minimum Gasteiger partial charge on any atom is -0.327 e. The fraction of sp³-hybridized carbons (Fsp3) is 0.400. The third-order valence-electron chi connectivity index (χ3n) is 2.47. The predicted molar refractivity (Wildman–Crippen MR) is 67.9 cm³/mol. The molecule has 2 N–H and O–H groups in total. The molecule has 0 radical (unpaired) electrons. The first-order chi connectivity index (χ1) is 6.93. The lowest BCUT2D eigenvalue weighted by atomic mass is 9.94. The van der Waals surface area contributed by atoms with Gasteiger partial charge >= 0.3 is 0 Å². The molecule has 0 saturated heterocycles. The van der Waals surface area contributed by atoms with Crippen LogP contribution in [-0.2, 0) is 0 Å². The lowest BCUT2D eigenvalue weighted by Gasteiger charge is -2.15. The summed E-state index contributed by atoms with van der Waals surface area (Å²) < 4.78 is 0.861. The van der Waals surface area contributed by atoms with E-state index in [0.717, 1.165) is 3.57 Å². The molecule has 0 bridgehead atoms. The van der Waals surface area contributed by atoms with Crippen LogP contribution in [0.4, 0.5) is 5.69 Å². The van der Waals surface area contributed by atoms with E-state index in [2.05, 4.69) is 22.6 Å². The molecule has 0 aromatic heterocycles. The summed E-state index contributed by atoms with van der Waals surface area (Å²) in [6.45, 7) is 3.76. The summed E-state index contributed by atoms with van der Waals surface area (Å²) in [6.07, 6.45) is 0. The molecule has 0 spiro atoms. The van der Waals surface area contributed by atoms with Gasteiger partial charge in [0.2, 0.25) is 0 Å². The van der Waals surface area contributed by atoms with E-state index in [9.17, 15) is 10.1 Å². The normalized spacial score (nSPS) is 14.7. The van der Waals surface area contributed by atoms with Gasteiger partial charge in [-0.05, 0) is 35.6 Å². The molecule has 82 valence electrons. The van der Waals surface area contributed by atoms with Crippen LogP contribution in [-0.4, -0.2) is 11.0 Å². The largest absolute Gasteiger partial charge is 0.327 e. The molecule has 5 heteroatoms. The van der Waals surface area contributed by atoms with Crippen molar-refractivity contribution in [3.05, 3.63) is 37.4 Å². The van der Waals surface area contributed by atoms with Crippen LogP contribution in [0.1, 0.15) is 25.3 Å². The molecule has 2 unspecified atom stereocenters. The highest BCUT2D eigenvalue weighted by Crippen LogP contribution is 2.29. The smallest absolute Gasteiger partial charge is 0.273 e. The second-order valence-electron chi connectivity index (χ2n) is 3.61. The lowest BCUT2D eigenvalue weighted by Crippen LogP contribution is -2.23. The van der Waals surface area contributed by atoms with Crippen molar-refractivity contribution >= 4 is 28.3 Å². The second kappa shape index (κ2) is 4.89. The van der Waals surface area contributed by atoms with Crippen LogP contribution in [0.25, 0.3) is 0 Å². The van der Waals surface area contributed by atoms with E-state index in [0.29, 0.717) is 5.56 Å². The van der Waals surface area contributed by atoms with E-state index in [1.165, 1.54) is 0 Å². The minimum absolute atomic E-state index is 0.0117. The number of nitro groups is 1. The van der Waals surface area contributed by atoms with Crippen LogP contribution in [0.15, 0.2) is 18.2 Å². The van der Waals surface area contributed by atoms with Crippen LogP contribution in [0.2, 0.25) is 0 Å². The van der Waals surface area contributed by atoms with Gasteiger partial charge in [-0.2, -0.15) is 0 Å². The van der Waals surface area contributed by atoms with Gasteiger partial charge < -0.3 is 5.73 Å². The number of hydrogen-bond donors (Lipinski definition) is 1. The maximum atomic E-state index is 10.9. The molecular weight excluding hydrogens is 307 g/mol. The molecule has 15 heavy (non-hydrogen) atoms. The van der Waals surface area contributed by atoms with E-state index < -0.39 is 0 Å². The standard InChI is InChI=1S/C10H13IN2O2/c1-6(7(2)12)9-4-3-8(11)5-10(9)13(14)15/h3-7H,12H2,1-2H3. The SMILES string of the molecule is CC(N)C(C)c1ccc(I)cc1[N+](=O)[O-]. The van der Waals surface area contributed by atoms with Gasteiger partial charge in [-0.25, -0.2) is 0 Å². The van der Waals surface area contributed by atoms with Gasteiger partial charge in [0.05, 0.1) is 4.92 Å². The first kappa shape index (κ1) is 12.4. The molecule has 0 fully saturated rings. The number of nitrogens with zero attached hydrogens (tertiary/aromatic N) is 1. The van der Waals surface area contributed by atoms with Gasteiger partial charge in [0, 0.05) is 27.2 Å². The molecule has 0 aliphatic carbocycles. The van der Waals surface area contributed by atoms with Crippen molar-refractivity contribution in [2.45, 2.75) is 25.8 Å². The maximum Gasteiger partial charge on any atom is 0.273 e. The second-order valence-corrected chi connectivity index (χ2v) is 4.85. The van der Waals surface area contributed by atoms with Crippen molar-refractivity contribution < 1.29 is 4.92 Å². The molecule has 0 aliphatic rings. The van der Waals surface area contributed by atoms with Crippen molar-refractivity contribution in [3.8, 4) is 0 Å². The Morgan fingerprint density at radius 1 is 1.47 bits per heavy atom. The topological polar surface area (TPSA) is 69.2 Å². The third kappa shape index (κ3) is 2.88. The van der Waals surface area contributed by atoms with E-state index in [-0.39, 0.29) is 22.6 Å². The zero-order valence-corrected chi connectivity index (χ0v) is 10.8. The monoisotopic (exact) mass is 320 g/mol. The van der Waals surface area contributed by atoms with E-state index in [1.54, 1.807) is 12.1 Å². The minimum atomic E-state index is -0.351. The summed E-state index contributed by atoms with van der Waals surface area (Å²) in [4.78, 5) is 10.5. The van der Waals surface area contributed by atoms with Crippen molar-refractivity contribution in [1.82, 2.24) is 0 Å². The Balaban J connectivity index is 3.22. The van der Waals surface area contributed by atoms with Crippen molar-refractivity contribution in [1.29, 1.82) is 0 Å². The molecule has 0 saturated carbocycles. The number of nitrogens with two attached hydrogens (primary N) is 1. The quantitative estimate of drug-likeness (QED) is 0.529. The molecule has 1 rings (SSSR count). The van der Waals surface area contributed by atoms with Gasteiger partial charge in [0.1, 0.15) is 0 Å². The fourth-order valence-electron chi connectivity index (χ4n) is 1.34. The van der Waals surface area contributed by atoms with Gasteiger partial charge in [-0.15, -0.1) is 0 Å². The summed E-state index contributed by atoms with van der Waals surface area (Å²) >= 11 is 2.06. The predicted octanol–water partition coefficient (Wildman–Crippen LogP) is 2.65. The Hall–Kier alpha value is -0.690. The van der Waals surface area contributed by atoms with Crippen molar-refractivity contribution in [3.63, 3.8) is 0 Å².